The molecule has 0 aromatic carbocycles. The van der Waals surface area contributed by atoms with E-state index in [-0.39, 0.29) is 5.91 Å². The highest BCUT2D eigenvalue weighted by Gasteiger charge is 2.30. The highest BCUT2D eigenvalue weighted by Crippen LogP contribution is 2.35. The van der Waals surface area contributed by atoms with Crippen molar-refractivity contribution in [3.8, 4) is 0 Å². The number of hydrogen-bond donors (Lipinski definition) is 1. The van der Waals surface area contributed by atoms with E-state index in [1.807, 2.05) is 6.20 Å². The van der Waals surface area contributed by atoms with Gasteiger partial charge in [0, 0.05) is 35.0 Å². The van der Waals surface area contributed by atoms with Crippen LogP contribution in [0.4, 0.5) is 0 Å². The molecular weight excluding hydrogens is 318 g/mol. The van der Waals surface area contributed by atoms with Crippen molar-refractivity contribution in [1.82, 2.24) is 15.1 Å². The molecule has 5 heteroatoms. The fourth-order valence-electron chi connectivity index (χ4n) is 4.19. The molecule has 0 saturated carbocycles. The van der Waals surface area contributed by atoms with Crippen molar-refractivity contribution in [3.05, 3.63) is 38.8 Å². The van der Waals surface area contributed by atoms with Crippen LogP contribution in [0.15, 0.2) is 11.6 Å². The van der Waals surface area contributed by atoms with Gasteiger partial charge in [0.05, 0.1) is 11.8 Å². The van der Waals surface area contributed by atoms with E-state index in [1.165, 1.54) is 28.1 Å². The molecule has 2 aromatic rings. The quantitative estimate of drug-likeness (QED) is 0.898. The molecule has 1 aliphatic heterocycles. The second-order valence-electron chi connectivity index (χ2n) is 7.46. The number of carbonyl (C=O) groups is 1. The lowest BCUT2D eigenvalue weighted by Gasteiger charge is -2.33. The van der Waals surface area contributed by atoms with E-state index in [9.17, 15) is 4.79 Å². The van der Waals surface area contributed by atoms with Crippen molar-refractivity contribution in [1.29, 1.82) is 0 Å². The third-order valence-corrected chi connectivity index (χ3v) is 6.67. The number of likely N-dealkylation sites (tertiary alicyclic amines) is 1. The number of H-pyrrole nitrogens is 1. The summed E-state index contributed by atoms with van der Waals surface area (Å²) < 4.78 is 0. The number of nitrogens with one attached hydrogen (secondary N) is 1. The molecule has 4 rings (SSSR count). The Labute approximate surface area is 147 Å². The number of amides is 1. The van der Waals surface area contributed by atoms with Crippen LogP contribution in [0.25, 0.3) is 0 Å². The number of aromatic amines is 1. The van der Waals surface area contributed by atoms with Crippen LogP contribution in [-0.4, -0.2) is 34.1 Å². The number of carbonyl (C=O) groups excluding carboxylic acids is 1. The van der Waals surface area contributed by atoms with Crippen molar-refractivity contribution in [2.24, 2.45) is 5.92 Å². The van der Waals surface area contributed by atoms with Crippen molar-refractivity contribution < 1.29 is 4.79 Å². The molecule has 0 bridgehead atoms. The number of aryl methyl sites for hydroxylation is 1. The van der Waals surface area contributed by atoms with Crippen molar-refractivity contribution in [2.45, 2.75) is 51.9 Å². The topological polar surface area (TPSA) is 49.0 Å². The van der Waals surface area contributed by atoms with Crippen LogP contribution >= 0.6 is 11.3 Å². The summed E-state index contributed by atoms with van der Waals surface area (Å²) in [5, 5.41) is 9.40. The Morgan fingerprint density at radius 3 is 3.08 bits per heavy atom. The number of thiophene rings is 1. The molecule has 1 N–H and O–H groups in total. The first kappa shape index (κ1) is 15.9. The van der Waals surface area contributed by atoms with Gasteiger partial charge in [0.1, 0.15) is 0 Å². The van der Waals surface area contributed by atoms with E-state index in [4.69, 9.17) is 0 Å². The van der Waals surface area contributed by atoms with Crippen LogP contribution in [0, 0.1) is 12.8 Å². The maximum Gasteiger partial charge on any atom is 0.255 e. The zero-order chi connectivity index (χ0) is 16.7. The van der Waals surface area contributed by atoms with Gasteiger partial charge in [-0.3, -0.25) is 9.89 Å². The third-order valence-electron chi connectivity index (χ3n) is 5.62. The smallest absolute Gasteiger partial charge is 0.255 e. The second-order valence-corrected chi connectivity index (χ2v) is 8.42. The van der Waals surface area contributed by atoms with E-state index in [2.05, 4.69) is 34.3 Å². The molecule has 2 aliphatic rings. The van der Waals surface area contributed by atoms with E-state index in [1.54, 1.807) is 11.3 Å². The maximum absolute atomic E-state index is 13.1. The standard InChI is InChI=1S/C19H25N3OS/c1-12-5-6-15-16(11-24-17(15)8-12)19(23)22-7-3-4-14(10-22)18-13(2)9-20-21-18/h9,11-12,14H,3-8,10H2,1-2H3,(H,20,21). The highest BCUT2D eigenvalue weighted by molar-refractivity contribution is 7.10. The maximum atomic E-state index is 13.1. The van der Waals surface area contributed by atoms with Gasteiger partial charge in [-0.1, -0.05) is 6.92 Å². The summed E-state index contributed by atoms with van der Waals surface area (Å²) in [5.41, 5.74) is 4.72. The molecule has 1 fully saturated rings. The van der Waals surface area contributed by atoms with Crippen LogP contribution in [-0.2, 0) is 12.8 Å². The van der Waals surface area contributed by atoms with Gasteiger partial charge in [-0.25, -0.2) is 0 Å². The minimum atomic E-state index is 0.240. The molecule has 0 spiro atoms. The second kappa shape index (κ2) is 6.36. The normalized spacial score (nSPS) is 24.0. The first-order valence-corrected chi connectivity index (χ1v) is 9.89. The van der Waals surface area contributed by atoms with Gasteiger partial charge in [0.2, 0.25) is 0 Å². The summed E-state index contributed by atoms with van der Waals surface area (Å²) >= 11 is 1.79. The van der Waals surface area contributed by atoms with Gasteiger partial charge in [0.15, 0.2) is 0 Å². The van der Waals surface area contributed by atoms with E-state index in [0.29, 0.717) is 5.92 Å². The predicted molar refractivity (Wildman–Crippen MR) is 96.7 cm³/mol. The van der Waals surface area contributed by atoms with Crippen LogP contribution in [0.1, 0.15) is 64.2 Å². The molecule has 2 atom stereocenters. The Balaban J connectivity index is 1.54. The van der Waals surface area contributed by atoms with Gasteiger partial charge < -0.3 is 4.90 Å². The van der Waals surface area contributed by atoms with E-state index >= 15 is 0 Å². The fourth-order valence-corrected chi connectivity index (χ4v) is 5.43. The average molecular weight is 343 g/mol. The lowest BCUT2D eigenvalue weighted by atomic mass is 9.88. The summed E-state index contributed by atoms with van der Waals surface area (Å²) in [4.78, 5) is 16.6. The highest BCUT2D eigenvalue weighted by atomic mass is 32.1. The summed E-state index contributed by atoms with van der Waals surface area (Å²) in [6.45, 7) is 6.09. The Morgan fingerprint density at radius 1 is 1.42 bits per heavy atom. The monoisotopic (exact) mass is 343 g/mol. The Kier molecular flexibility index (Phi) is 4.21. The number of piperidine rings is 1. The van der Waals surface area contributed by atoms with Crippen LogP contribution in [0.3, 0.4) is 0 Å². The molecular formula is C19H25N3OS. The summed E-state index contributed by atoms with van der Waals surface area (Å²) in [5.74, 6) is 1.38. The van der Waals surface area contributed by atoms with Gasteiger partial charge in [-0.2, -0.15) is 5.10 Å². The number of aromatic nitrogens is 2. The van der Waals surface area contributed by atoms with Crippen LogP contribution < -0.4 is 0 Å². The minimum Gasteiger partial charge on any atom is -0.338 e. The van der Waals surface area contributed by atoms with Crippen LogP contribution in [0.2, 0.25) is 0 Å². The zero-order valence-corrected chi connectivity index (χ0v) is 15.3. The molecule has 4 nitrogen and oxygen atoms in total. The van der Waals surface area contributed by atoms with Crippen LogP contribution in [0.5, 0.6) is 0 Å². The van der Waals surface area contributed by atoms with Crippen molar-refractivity contribution >= 4 is 17.2 Å². The summed E-state index contributed by atoms with van der Waals surface area (Å²) in [7, 11) is 0. The van der Waals surface area contributed by atoms with E-state index < -0.39 is 0 Å². The Bertz CT molecular complexity index is 748. The Hall–Kier alpha value is -1.62. The van der Waals surface area contributed by atoms with E-state index in [0.717, 1.165) is 50.3 Å². The lowest BCUT2D eigenvalue weighted by molar-refractivity contribution is 0.0704. The first-order chi connectivity index (χ1) is 11.6. The fraction of sp³-hybridized carbons (Fsp3) is 0.579. The summed E-state index contributed by atoms with van der Waals surface area (Å²) in [6.07, 6.45) is 7.50. The van der Waals surface area contributed by atoms with Gasteiger partial charge in [-0.05, 0) is 56.1 Å². The molecule has 24 heavy (non-hydrogen) atoms. The predicted octanol–water partition coefficient (Wildman–Crippen LogP) is 3.92. The number of nitrogens with zero attached hydrogens (tertiary/aromatic N) is 2. The zero-order valence-electron chi connectivity index (χ0n) is 14.5. The molecule has 1 amide bonds. The third kappa shape index (κ3) is 2.79. The largest absolute Gasteiger partial charge is 0.338 e. The molecule has 128 valence electrons. The van der Waals surface area contributed by atoms with Gasteiger partial charge in [0.25, 0.3) is 5.91 Å². The summed E-state index contributed by atoms with van der Waals surface area (Å²) in [6, 6.07) is 0. The molecule has 0 radical (unpaired) electrons. The lowest BCUT2D eigenvalue weighted by Crippen LogP contribution is -2.39. The number of fused-ring (bicyclic) bond motifs is 1. The van der Waals surface area contributed by atoms with Gasteiger partial charge >= 0.3 is 0 Å². The average Bonchev–Trinajstić information content (AvgIpc) is 3.20. The van der Waals surface area contributed by atoms with Crippen molar-refractivity contribution in [3.63, 3.8) is 0 Å². The molecule has 1 saturated heterocycles. The SMILES string of the molecule is Cc1cn[nH]c1C1CCCN(C(=O)c2csc3c2CCC(C)C3)C1. The van der Waals surface area contributed by atoms with Crippen molar-refractivity contribution in [2.75, 3.05) is 13.1 Å². The molecule has 1 aliphatic carbocycles. The number of rotatable bonds is 2. The van der Waals surface area contributed by atoms with Gasteiger partial charge in [-0.15, -0.1) is 11.3 Å². The first-order valence-electron chi connectivity index (χ1n) is 9.02. The Morgan fingerprint density at radius 2 is 2.29 bits per heavy atom. The number of hydrogen-bond acceptors (Lipinski definition) is 3. The molecule has 3 heterocycles. The molecule has 2 aromatic heterocycles. The minimum absolute atomic E-state index is 0.240. The molecule has 2 unspecified atom stereocenters.